The first-order valence-corrected chi connectivity index (χ1v) is 1.76. The van der Waals surface area contributed by atoms with Gasteiger partial charge in [0.2, 0.25) is 0 Å². The summed E-state index contributed by atoms with van der Waals surface area (Å²) in [6, 6.07) is 0. The standard InChI is InChI=1S/Cr.Ni.4O.Sb/q+3;;;;2*-2;+1. The van der Waals surface area contributed by atoms with E-state index in [-0.39, 0.29) is 28.3 Å². The van der Waals surface area contributed by atoms with Crippen molar-refractivity contribution in [3.05, 3.63) is 0 Å². The maximum absolute atomic E-state index is 8.30. The van der Waals surface area contributed by atoms with Gasteiger partial charge in [-0.3, -0.25) is 0 Å². The molecule has 0 amide bonds. The molecule has 0 saturated heterocycles. The normalized spacial score (nSPS) is 1.43. The molecule has 0 aromatic carbocycles. The summed E-state index contributed by atoms with van der Waals surface area (Å²) in [5, 5.41) is 0. The van der Waals surface area contributed by atoms with Crippen molar-refractivity contribution in [3.63, 3.8) is 0 Å². The van der Waals surface area contributed by atoms with Crippen LogP contribution in [-0.2, 0) is 50.6 Å². The van der Waals surface area contributed by atoms with Crippen LogP contribution in [0.4, 0.5) is 0 Å². The molecular formula is CrNiO4Sb. The van der Waals surface area contributed by atoms with E-state index in [0.717, 1.165) is 0 Å². The Bertz CT molecular complexity index is 13.7. The van der Waals surface area contributed by atoms with Crippen molar-refractivity contribution in [3.8, 4) is 0 Å². The first kappa shape index (κ1) is 40.1. The SMILES string of the molecule is [Cr+3].[O-2].[O-2].[O]=[Ni].[O]=[Sb+]. The van der Waals surface area contributed by atoms with E-state index >= 15 is 0 Å². The van der Waals surface area contributed by atoms with Gasteiger partial charge in [-0.05, 0) is 0 Å². The van der Waals surface area contributed by atoms with Gasteiger partial charge in [0.05, 0.1) is 0 Å². The van der Waals surface area contributed by atoms with E-state index in [1.165, 1.54) is 0 Å². The van der Waals surface area contributed by atoms with Crippen LogP contribution >= 0.6 is 0 Å². The summed E-state index contributed by atoms with van der Waals surface area (Å²) in [6.45, 7) is 0. The summed E-state index contributed by atoms with van der Waals surface area (Å²) >= 11 is 3.12. The summed E-state index contributed by atoms with van der Waals surface area (Å²) in [6.07, 6.45) is 0. The minimum atomic E-state index is 0. The summed E-state index contributed by atoms with van der Waals surface area (Å²) in [5.74, 6) is 0. The van der Waals surface area contributed by atoms with E-state index in [1.54, 1.807) is 0 Å². The molecule has 0 heterocycles. The van der Waals surface area contributed by atoms with Crippen LogP contribution in [0.2, 0.25) is 0 Å². The van der Waals surface area contributed by atoms with E-state index in [4.69, 9.17) is 6.91 Å². The van der Waals surface area contributed by atoms with Crippen molar-refractivity contribution in [2.24, 2.45) is 0 Å². The zero-order chi connectivity index (χ0) is 4.00. The van der Waals surface area contributed by atoms with Gasteiger partial charge in [-0.2, -0.15) is 0 Å². The molecule has 3 radical (unpaired) electrons. The predicted molar refractivity (Wildman–Crippen MR) is 8.50 cm³/mol. The Morgan fingerprint density at radius 3 is 1.00 bits per heavy atom. The molecule has 45 valence electrons. The average molecular weight is 296 g/mol. The molecule has 0 fully saturated rings. The Balaban J connectivity index is -0.00000000267. The average Bonchev–Trinajstić information content (AvgIpc) is 1.50. The Morgan fingerprint density at radius 1 is 1.00 bits per heavy atom. The molecule has 0 atom stereocenters. The van der Waals surface area contributed by atoms with Gasteiger partial charge in [0, 0.05) is 0 Å². The zero-order valence-electron chi connectivity index (χ0n) is 2.80. The molecule has 0 aromatic rings. The Kier molecular flexibility index (Phi) is 918. The summed E-state index contributed by atoms with van der Waals surface area (Å²) in [7, 11) is 0. The van der Waals surface area contributed by atoms with Gasteiger partial charge in [-0.1, -0.05) is 0 Å². The molecule has 0 saturated carbocycles. The molecule has 0 unspecified atom stereocenters. The van der Waals surface area contributed by atoms with Crippen molar-refractivity contribution in [2.75, 3.05) is 0 Å². The fourth-order valence-electron chi connectivity index (χ4n) is 0. The molecule has 4 nitrogen and oxygen atoms in total. The summed E-state index contributed by atoms with van der Waals surface area (Å²) in [5.41, 5.74) is 0. The zero-order valence-corrected chi connectivity index (χ0v) is 7.62. The van der Waals surface area contributed by atoms with Crippen molar-refractivity contribution >= 4 is 23.0 Å². The number of rotatable bonds is 0. The molecule has 7 heavy (non-hydrogen) atoms. The Labute approximate surface area is 73.2 Å². The van der Waals surface area contributed by atoms with Crippen molar-refractivity contribution in [1.29, 1.82) is 0 Å². The Hall–Kier alpha value is 1.36. The third-order valence-corrected chi connectivity index (χ3v) is 0. The molecule has 7 heteroatoms. The van der Waals surface area contributed by atoms with Crippen LogP contribution in [-0.4, -0.2) is 23.0 Å². The van der Waals surface area contributed by atoms with Crippen LogP contribution in [0.15, 0.2) is 0 Å². The fourth-order valence-corrected chi connectivity index (χ4v) is 0. The van der Waals surface area contributed by atoms with Crippen LogP contribution in [0.25, 0.3) is 0 Å². The Morgan fingerprint density at radius 2 is 1.00 bits per heavy atom. The van der Waals surface area contributed by atoms with Gasteiger partial charge in [0.25, 0.3) is 0 Å². The van der Waals surface area contributed by atoms with E-state index < -0.39 is 0 Å². The predicted octanol–water partition coefficient (Wildman–Crippen LogP) is -0.861. The summed E-state index contributed by atoms with van der Waals surface area (Å²) in [4.78, 5) is 0. The van der Waals surface area contributed by atoms with Gasteiger partial charge >= 0.3 is 62.7 Å². The molecule has 0 aliphatic rings. The second-order valence-electron chi connectivity index (χ2n) is 0. The van der Waals surface area contributed by atoms with Crippen LogP contribution in [0, 0.1) is 0 Å². The van der Waals surface area contributed by atoms with Gasteiger partial charge < -0.3 is 11.0 Å². The van der Waals surface area contributed by atoms with Crippen LogP contribution in [0.1, 0.15) is 0 Å². The third-order valence-electron chi connectivity index (χ3n) is 0. The maximum atomic E-state index is 8.30. The van der Waals surface area contributed by atoms with Gasteiger partial charge in [-0.25, -0.2) is 0 Å². The van der Waals surface area contributed by atoms with Crippen molar-refractivity contribution in [2.45, 2.75) is 0 Å². The quantitative estimate of drug-likeness (QED) is 0.544. The van der Waals surface area contributed by atoms with Crippen molar-refractivity contribution in [1.82, 2.24) is 0 Å². The van der Waals surface area contributed by atoms with Gasteiger partial charge in [0.1, 0.15) is 0 Å². The number of hydrogen-bond acceptors (Lipinski definition) is 2. The van der Waals surface area contributed by atoms with Crippen LogP contribution in [0.5, 0.6) is 0 Å². The molecule has 0 aliphatic carbocycles. The van der Waals surface area contributed by atoms with E-state index in [9.17, 15) is 0 Å². The molecule has 0 rings (SSSR count). The van der Waals surface area contributed by atoms with E-state index in [1.807, 2.05) is 0 Å². The topological polar surface area (TPSA) is 91.1 Å². The van der Waals surface area contributed by atoms with Gasteiger partial charge in [-0.15, -0.1) is 0 Å². The fraction of sp³-hybridized carbons (Fsp3) is 0. The molecule has 0 N–H and O–H groups in total. The second kappa shape index (κ2) is 160. The first-order chi connectivity index (χ1) is 2.00. The second-order valence-corrected chi connectivity index (χ2v) is 0. The van der Waals surface area contributed by atoms with Crippen molar-refractivity contribution < 1.29 is 50.6 Å². The monoisotopic (exact) mass is 295 g/mol. The first-order valence-electron chi connectivity index (χ1n) is 0.312. The molecule has 0 aliphatic heterocycles. The minimum absolute atomic E-state index is 0. The molecule has 0 aromatic heterocycles. The van der Waals surface area contributed by atoms with Gasteiger partial charge in [0.15, 0.2) is 0 Å². The molecular weight excluding hydrogens is 296 g/mol. The van der Waals surface area contributed by atoms with E-state index in [2.05, 4.69) is 15.4 Å². The molecule has 0 spiro atoms. The van der Waals surface area contributed by atoms with Crippen LogP contribution < -0.4 is 0 Å². The van der Waals surface area contributed by atoms with Crippen LogP contribution in [0.3, 0.4) is 0 Å². The van der Waals surface area contributed by atoms with E-state index in [0.29, 0.717) is 23.0 Å². The third kappa shape index (κ3) is 114. The molecule has 0 bridgehead atoms. The summed E-state index contributed by atoms with van der Waals surface area (Å²) < 4.78 is 16.2. The number of hydrogen-bond donors (Lipinski definition) is 0.